The minimum Gasteiger partial charge on any atom is -0.481 e. The highest BCUT2D eigenvalue weighted by molar-refractivity contribution is 7.99. The van der Waals surface area contributed by atoms with Gasteiger partial charge in [-0.15, -0.1) is 0 Å². The van der Waals surface area contributed by atoms with Crippen molar-refractivity contribution >= 4 is 33.7 Å². The van der Waals surface area contributed by atoms with Crippen LogP contribution in [0.15, 0.2) is 57.2 Å². The molecule has 3 N–H and O–H groups in total. The quantitative estimate of drug-likeness (QED) is 0.579. The highest BCUT2D eigenvalue weighted by Crippen LogP contribution is 2.47. The number of hydrogen-bond acceptors (Lipinski definition) is 6. The van der Waals surface area contributed by atoms with Gasteiger partial charge in [-0.3, -0.25) is 9.59 Å². The molecule has 2 aromatic carbocycles. The number of para-hydroxylation sites is 1. The molecule has 1 heterocycles. The molecule has 0 saturated carbocycles. The number of rotatable bonds is 6. The second kappa shape index (κ2) is 6.98. The van der Waals surface area contributed by atoms with Gasteiger partial charge in [-0.05, 0) is 24.3 Å². The summed E-state index contributed by atoms with van der Waals surface area (Å²) < 4.78 is 32.5. The van der Waals surface area contributed by atoms with E-state index in [1.54, 1.807) is 18.2 Å². The molecule has 2 aromatic rings. The topological polar surface area (TPSA) is 130 Å². The lowest BCUT2D eigenvalue weighted by Crippen LogP contribution is -2.42. The predicted octanol–water partition coefficient (Wildman–Crippen LogP) is 2.15. The second-order valence-electron chi connectivity index (χ2n) is 5.37. The summed E-state index contributed by atoms with van der Waals surface area (Å²) in [7, 11) is -4.24. The van der Waals surface area contributed by atoms with Crippen molar-refractivity contribution in [2.45, 2.75) is 27.1 Å². The van der Waals surface area contributed by atoms with Crippen molar-refractivity contribution in [3.63, 3.8) is 0 Å². The first-order chi connectivity index (χ1) is 12.3. The summed E-state index contributed by atoms with van der Waals surface area (Å²) in [6.45, 7) is 0. The smallest absolute Gasteiger partial charge is 0.322 e. The van der Waals surface area contributed by atoms with Crippen LogP contribution < -0.4 is 9.46 Å². The lowest BCUT2D eigenvalue weighted by molar-refractivity contribution is -0.145. The lowest BCUT2D eigenvalue weighted by atomic mass is 10.2. The van der Waals surface area contributed by atoms with Crippen LogP contribution in [-0.4, -0.2) is 36.6 Å². The number of sulfonamides is 1. The number of carboxylic acid groups (broad SMARTS) is 2. The highest BCUT2D eigenvalue weighted by Gasteiger charge is 2.29. The molecule has 1 aliphatic heterocycles. The molecular formula is C16H13NO7S2. The molecule has 0 amide bonds. The average molecular weight is 395 g/mol. The van der Waals surface area contributed by atoms with E-state index in [1.165, 1.54) is 23.9 Å². The summed E-state index contributed by atoms with van der Waals surface area (Å²) in [5, 5.41) is 17.7. The zero-order chi connectivity index (χ0) is 18.9. The highest BCUT2D eigenvalue weighted by atomic mass is 32.2. The molecule has 0 radical (unpaired) electrons. The van der Waals surface area contributed by atoms with Crippen molar-refractivity contribution in [1.82, 2.24) is 4.72 Å². The Kier molecular flexibility index (Phi) is 4.90. The third-order valence-corrected chi connectivity index (χ3v) is 6.07. The fourth-order valence-corrected chi connectivity index (χ4v) is 4.42. The van der Waals surface area contributed by atoms with Crippen molar-refractivity contribution in [2.75, 3.05) is 0 Å². The van der Waals surface area contributed by atoms with Crippen molar-refractivity contribution < 1.29 is 33.0 Å². The van der Waals surface area contributed by atoms with Gasteiger partial charge in [0.05, 0.1) is 21.1 Å². The van der Waals surface area contributed by atoms with Crippen LogP contribution in [0.2, 0.25) is 0 Å². The number of benzene rings is 2. The van der Waals surface area contributed by atoms with Crippen LogP contribution >= 0.6 is 11.8 Å². The average Bonchev–Trinajstić information content (AvgIpc) is 2.58. The lowest BCUT2D eigenvalue weighted by Gasteiger charge is -2.20. The van der Waals surface area contributed by atoms with Gasteiger partial charge in [-0.1, -0.05) is 23.9 Å². The van der Waals surface area contributed by atoms with E-state index in [-0.39, 0.29) is 4.90 Å². The largest absolute Gasteiger partial charge is 0.481 e. The first kappa shape index (κ1) is 18.2. The van der Waals surface area contributed by atoms with E-state index in [1.807, 2.05) is 16.9 Å². The molecule has 0 aromatic heterocycles. The second-order valence-corrected chi connectivity index (χ2v) is 8.17. The molecule has 0 aliphatic carbocycles. The van der Waals surface area contributed by atoms with Gasteiger partial charge in [0.15, 0.2) is 0 Å². The van der Waals surface area contributed by atoms with E-state index in [9.17, 15) is 18.0 Å². The zero-order valence-electron chi connectivity index (χ0n) is 13.1. The van der Waals surface area contributed by atoms with E-state index in [0.29, 0.717) is 16.4 Å². The van der Waals surface area contributed by atoms with Crippen LogP contribution in [0.1, 0.15) is 6.42 Å². The van der Waals surface area contributed by atoms with E-state index in [2.05, 4.69) is 0 Å². The molecule has 1 atom stereocenters. The van der Waals surface area contributed by atoms with Crippen LogP contribution in [0.4, 0.5) is 0 Å². The SMILES string of the molecule is O=C(O)CC(NS(=O)(=O)c1ccc2c(c1)Oc1ccccc1S2)C(=O)O. The van der Waals surface area contributed by atoms with Crippen LogP contribution in [0.25, 0.3) is 0 Å². The monoisotopic (exact) mass is 395 g/mol. The van der Waals surface area contributed by atoms with Gasteiger partial charge >= 0.3 is 11.9 Å². The third-order valence-electron chi connectivity index (χ3n) is 3.49. The zero-order valence-corrected chi connectivity index (χ0v) is 14.7. The summed E-state index contributed by atoms with van der Waals surface area (Å²) in [5.74, 6) is -2.10. The molecule has 1 unspecified atom stereocenters. The maximum atomic E-state index is 12.4. The molecule has 10 heteroatoms. The Balaban J connectivity index is 1.88. The standard InChI is InChI=1S/C16H13NO7S2/c18-15(19)8-10(16(20)21)17-26(22,23)9-5-6-14-12(7-9)24-11-3-1-2-4-13(11)25-14/h1-7,10,17H,8H2,(H,18,19)(H,20,21). The molecule has 0 bridgehead atoms. The predicted molar refractivity (Wildman–Crippen MR) is 91.1 cm³/mol. The number of fused-ring (bicyclic) bond motifs is 2. The van der Waals surface area contributed by atoms with E-state index in [0.717, 1.165) is 4.90 Å². The number of ether oxygens (including phenoxy) is 1. The Labute approximate surface area is 152 Å². The Hall–Kier alpha value is -2.56. The van der Waals surface area contributed by atoms with Gasteiger partial charge in [0.25, 0.3) is 0 Å². The Morgan fingerprint density at radius 3 is 2.46 bits per heavy atom. The van der Waals surface area contributed by atoms with Gasteiger partial charge in [0.2, 0.25) is 10.0 Å². The van der Waals surface area contributed by atoms with Crippen LogP contribution in [0.5, 0.6) is 11.5 Å². The Bertz CT molecular complexity index is 988. The number of carboxylic acids is 2. The van der Waals surface area contributed by atoms with Gasteiger partial charge in [-0.2, -0.15) is 4.72 Å². The summed E-state index contributed by atoms with van der Waals surface area (Å²) >= 11 is 1.42. The number of aliphatic carboxylic acids is 2. The maximum absolute atomic E-state index is 12.4. The fraction of sp³-hybridized carbons (Fsp3) is 0.125. The molecule has 0 saturated heterocycles. The number of carbonyl (C=O) groups is 2. The third kappa shape index (κ3) is 3.82. The van der Waals surface area contributed by atoms with Crippen molar-refractivity contribution in [2.24, 2.45) is 0 Å². The molecule has 8 nitrogen and oxygen atoms in total. The first-order valence-electron chi connectivity index (χ1n) is 7.32. The summed E-state index contributed by atoms with van der Waals surface area (Å²) in [6, 6.07) is 9.64. The van der Waals surface area contributed by atoms with Crippen molar-refractivity contribution in [3.05, 3.63) is 42.5 Å². The molecule has 1 aliphatic rings. The fourth-order valence-electron chi connectivity index (χ4n) is 2.28. The van der Waals surface area contributed by atoms with Gasteiger partial charge in [0.1, 0.15) is 17.5 Å². The minimum atomic E-state index is -4.24. The summed E-state index contributed by atoms with van der Waals surface area (Å²) in [4.78, 5) is 23.2. The molecule has 3 rings (SSSR count). The van der Waals surface area contributed by atoms with Crippen LogP contribution in [-0.2, 0) is 19.6 Å². The molecular weight excluding hydrogens is 382 g/mol. The Morgan fingerprint density at radius 1 is 1.08 bits per heavy atom. The molecule has 0 spiro atoms. The van der Waals surface area contributed by atoms with Gasteiger partial charge < -0.3 is 14.9 Å². The van der Waals surface area contributed by atoms with Gasteiger partial charge in [-0.25, -0.2) is 8.42 Å². The summed E-state index contributed by atoms with van der Waals surface area (Å²) in [6.07, 6.45) is -0.876. The summed E-state index contributed by atoms with van der Waals surface area (Å²) in [5.41, 5.74) is 0. The van der Waals surface area contributed by atoms with Crippen LogP contribution in [0.3, 0.4) is 0 Å². The minimum absolute atomic E-state index is 0.215. The maximum Gasteiger partial charge on any atom is 0.322 e. The van der Waals surface area contributed by atoms with E-state index >= 15 is 0 Å². The van der Waals surface area contributed by atoms with E-state index < -0.39 is 34.4 Å². The molecule has 136 valence electrons. The first-order valence-corrected chi connectivity index (χ1v) is 9.62. The van der Waals surface area contributed by atoms with Gasteiger partial charge in [0, 0.05) is 6.07 Å². The Morgan fingerprint density at radius 2 is 1.77 bits per heavy atom. The van der Waals surface area contributed by atoms with Crippen molar-refractivity contribution in [3.8, 4) is 11.5 Å². The number of hydrogen-bond donors (Lipinski definition) is 3. The van der Waals surface area contributed by atoms with Crippen LogP contribution in [0, 0.1) is 0 Å². The molecule has 26 heavy (non-hydrogen) atoms. The normalized spacial score (nSPS) is 13.8. The van der Waals surface area contributed by atoms with E-state index in [4.69, 9.17) is 14.9 Å². The van der Waals surface area contributed by atoms with Crippen molar-refractivity contribution in [1.29, 1.82) is 0 Å². The molecule has 0 fully saturated rings. The number of nitrogens with one attached hydrogen (secondary N) is 1.